The number of benzene rings is 2. The lowest BCUT2D eigenvalue weighted by molar-refractivity contribution is 0.362. The van der Waals surface area contributed by atoms with Gasteiger partial charge in [0.05, 0.1) is 0 Å². The minimum absolute atomic E-state index is 0.818. The number of fused-ring (bicyclic) bond motifs is 3. The molecule has 2 aromatic carbocycles. The fourth-order valence-electron chi connectivity index (χ4n) is 2.88. The third-order valence-electron chi connectivity index (χ3n) is 4.18. The molecule has 82 valence electrons. The highest BCUT2D eigenvalue weighted by Crippen LogP contribution is 2.34. The van der Waals surface area contributed by atoms with Crippen molar-refractivity contribution in [3.63, 3.8) is 0 Å². The lowest BCUT2D eigenvalue weighted by atomic mass is 9.76. The van der Waals surface area contributed by atoms with Crippen molar-refractivity contribution in [2.75, 3.05) is 0 Å². The SMILES string of the molecule is C[C@@H]1Cc2c(ccc3ccccc23)C[C@@H]1C. The maximum Gasteiger partial charge on any atom is -0.0149 e. The number of hydrogen-bond donors (Lipinski definition) is 0. The fourth-order valence-corrected chi connectivity index (χ4v) is 2.88. The molecule has 0 spiro atoms. The molecule has 0 amide bonds. The Balaban J connectivity index is 2.23. The molecule has 0 radical (unpaired) electrons. The van der Waals surface area contributed by atoms with Crippen molar-refractivity contribution < 1.29 is 0 Å². The smallest absolute Gasteiger partial charge is 0.0149 e. The van der Waals surface area contributed by atoms with Gasteiger partial charge in [0.2, 0.25) is 0 Å². The molecule has 0 bridgehead atoms. The van der Waals surface area contributed by atoms with Gasteiger partial charge in [-0.25, -0.2) is 0 Å². The van der Waals surface area contributed by atoms with Crippen molar-refractivity contribution in [3.8, 4) is 0 Å². The van der Waals surface area contributed by atoms with Gasteiger partial charge in [0.15, 0.2) is 0 Å². The standard InChI is InChI=1S/C16H18/c1-11-9-14-8-7-13-5-3-4-6-15(13)16(14)10-12(11)2/h3-8,11-12H,9-10H2,1-2H3/t11-,12+/m0/s1. The van der Waals surface area contributed by atoms with Crippen LogP contribution < -0.4 is 0 Å². The molecular weight excluding hydrogens is 192 g/mol. The van der Waals surface area contributed by atoms with Gasteiger partial charge in [-0.2, -0.15) is 0 Å². The van der Waals surface area contributed by atoms with Crippen molar-refractivity contribution >= 4 is 10.8 Å². The van der Waals surface area contributed by atoms with Gasteiger partial charge in [-0.15, -0.1) is 0 Å². The van der Waals surface area contributed by atoms with Crippen LogP contribution in [0.5, 0.6) is 0 Å². The summed E-state index contributed by atoms with van der Waals surface area (Å²) in [5.74, 6) is 1.65. The molecule has 16 heavy (non-hydrogen) atoms. The third kappa shape index (κ3) is 1.44. The second-order valence-corrected chi connectivity index (χ2v) is 5.29. The van der Waals surface area contributed by atoms with Crippen LogP contribution in [-0.4, -0.2) is 0 Å². The molecule has 0 aromatic heterocycles. The van der Waals surface area contributed by atoms with Gasteiger partial charge in [-0.1, -0.05) is 50.2 Å². The monoisotopic (exact) mass is 210 g/mol. The van der Waals surface area contributed by atoms with E-state index in [-0.39, 0.29) is 0 Å². The Morgan fingerprint density at radius 3 is 2.50 bits per heavy atom. The molecule has 2 atom stereocenters. The predicted octanol–water partition coefficient (Wildman–Crippen LogP) is 4.21. The van der Waals surface area contributed by atoms with Gasteiger partial charge >= 0.3 is 0 Å². The highest BCUT2D eigenvalue weighted by molar-refractivity contribution is 5.87. The summed E-state index contributed by atoms with van der Waals surface area (Å²) in [6, 6.07) is 13.4. The Morgan fingerprint density at radius 2 is 1.62 bits per heavy atom. The number of rotatable bonds is 0. The molecule has 2 aromatic rings. The Kier molecular flexibility index (Phi) is 2.24. The topological polar surface area (TPSA) is 0 Å². The van der Waals surface area contributed by atoms with E-state index in [4.69, 9.17) is 0 Å². The molecule has 0 unspecified atom stereocenters. The predicted molar refractivity (Wildman–Crippen MR) is 69.7 cm³/mol. The Hall–Kier alpha value is -1.30. The molecule has 0 saturated heterocycles. The van der Waals surface area contributed by atoms with Crippen molar-refractivity contribution in [2.24, 2.45) is 11.8 Å². The lowest BCUT2D eigenvalue weighted by Gasteiger charge is -2.29. The first kappa shape index (κ1) is 9.89. The summed E-state index contributed by atoms with van der Waals surface area (Å²) in [6.07, 6.45) is 2.50. The van der Waals surface area contributed by atoms with Gasteiger partial charge in [0.1, 0.15) is 0 Å². The third-order valence-corrected chi connectivity index (χ3v) is 4.18. The van der Waals surface area contributed by atoms with E-state index in [1.54, 1.807) is 11.1 Å². The summed E-state index contributed by atoms with van der Waals surface area (Å²) in [6.45, 7) is 4.76. The highest BCUT2D eigenvalue weighted by Gasteiger charge is 2.22. The van der Waals surface area contributed by atoms with Crippen molar-refractivity contribution in [1.82, 2.24) is 0 Å². The van der Waals surface area contributed by atoms with Crippen molar-refractivity contribution in [2.45, 2.75) is 26.7 Å². The zero-order valence-corrected chi connectivity index (χ0v) is 10.0. The molecule has 1 aliphatic rings. The quantitative estimate of drug-likeness (QED) is 0.611. The normalized spacial score (nSPS) is 24.4. The van der Waals surface area contributed by atoms with E-state index in [0.29, 0.717) is 0 Å². The van der Waals surface area contributed by atoms with Crippen LogP contribution in [0.3, 0.4) is 0 Å². The first-order chi connectivity index (χ1) is 7.75. The van der Waals surface area contributed by atoms with Crippen molar-refractivity contribution in [3.05, 3.63) is 47.5 Å². The highest BCUT2D eigenvalue weighted by atomic mass is 14.3. The van der Waals surface area contributed by atoms with E-state index in [1.807, 2.05) is 0 Å². The minimum Gasteiger partial charge on any atom is -0.0619 e. The zero-order valence-electron chi connectivity index (χ0n) is 10.0. The molecule has 0 saturated carbocycles. The summed E-state index contributed by atoms with van der Waals surface area (Å²) in [5, 5.41) is 2.86. The second kappa shape index (κ2) is 3.62. The van der Waals surface area contributed by atoms with Crippen LogP contribution in [0.15, 0.2) is 36.4 Å². The summed E-state index contributed by atoms with van der Waals surface area (Å²) >= 11 is 0. The molecule has 0 aliphatic heterocycles. The fraction of sp³-hybridized carbons (Fsp3) is 0.375. The molecule has 0 N–H and O–H groups in total. The molecule has 0 heteroatoms. The van der Waals surface area contributed by atoms with Crippen LogP contribution in [-0.2, 0) is 12.8 Å². The first-order valence-corrected chi connectivity index (χ1v) is 6.25. The largest absolute Gasteiger partial charge is 0.0619 e. The maximum atomic E-state index is 2.38. The molecule has 0 heterocycles. The lowest BCUT2D eigenvalue weighted by Crippen LogP contribution is -2.20. The zero-order chi connectivity index (χ0) is 11.1. The Morgan fingerprint density at radius 1 is 0.875 bits per heavy atom. The second-order valence-electron chi connectivity index (χ2n) is 5.29. The van der Waals surface area contributed by atoms with Crippen LogP contribution in [0.1, 0.15) is 25.0 Å². The minimum atomic E-state index is 0.818. The van der Waals surface area contributed by atoms with Gasteiger partial charge < -0.3 is 0 Å². The molecule has 0 nitrogen and oxygen atoms in total. The Bertz CT molecular complexity index is 525. The van der Waals surface area contributed by atoms with Crippen LogP contribution in [0.2, 0.25) is 0 Å². The average molecular weight is 210 g/mol. The van der Waals surface area contributed by atoms with Gasteiger partial charge in [-0.3, -0.25) is 0 Å². The Labute approximate surface area is 97.3 Å². The maximum absolute atomic E-state index is 2.38. The van der Waals surface area contributed by atoms with E-state index in [9.17, 15) is 0 Å². The van der Waals surface area contributed by atoms with E-state index >= 15 is 0 Å². The summed E-state index contributed by atoms with van der Waals surface area (Å²) in [5.41, 5.74) is 3.17. The van der Waals surface area contributed by atoms with E-state index in [1.165, 1.54) is 23.6 Å². The molecule has 0 fully saturated rings. The van der Waals surface area contributed by atoms with Crippen LogP contribution in [0.4, 0.5) is 0 Å². The summed E-state index contributed by atoms with van der Waals surface area (Å²) < 4.78 is 0. The molecule has 1 aliphatic carbocycles. The molecule has 3 rings (SSSR count). The van der Waals surface area contributed by atoms with Crippen molar-refractivity contribution in [1.29, 1.82) is 0 Å². The van der Waals surface area contributed by atoms with E-state index < -0.39 is 0 Å². The van der Waals surface area contributed by atoms with E-state index in [2.05, 4.69) is 50.2 Å². The van der Waals surface area contributed by atoms with Gasteiger partial charge in [-0.05, 0) is 46.6 Å². The van der Waals surface area contributed by atoms with Crippen LogP contribution in [0.25, 0.3) is 10.8 Å². The molecular formula is C16H18. The summed E-state index contributed by atoms with van der Waals surface area (Å²) in [7, 11) is 0. The van der Waals surface area contributed by atoms with E-state index in [0.717, 1.165) is 11.8 Å². The summed E-state index contributed by atoms with van der Waals surface area (Å²) in [4.78, 5) is 0. The van der Waals surface area contributed by atoms with Crippen LogP contribution >= 0.6 is 0 Å². The average Bonchev–Trinajstić information content (AvgIpc) is 2.31. The number of hydrogen-bond acceptors (Lipinski definition) is 0. The van der Waals surface area contributed by atoms with Crippen LogP contribution in [0, 0.1) is 11.8 Å². The first-order valence-electron chi connectivity index (χ1n) is 6.25. The van der Waals surface area contributed by atoms with Gasteiger partial charge in [0.25, 0.3) is 0 Å². The van der Waals surface area contributed by atoms with Gasteiger partial charge in [0, 0.05) is 0 Å².